The molecule has 106 valence electrons. The molecule has 0 spiro atoms. The van der Waals surface area contributed by atoms with Gasteiger partial charge in [-0.2, -0.15) is 0 Å². The zero-order valence-corrected chi connectivity index (χ0v) is 12.4. The normalized spacial score (nSPS) is 19.7. The van der Waals surface area contributed by atoms with E-state index in [9.17, 15) is 9.90 Å². The predicted octanol–water partition coefficient (Wildman–Crippen LogP) is 2.61. The van der Waals surface area contributed by atoms with E-state index in [2.05, 4.69) is 18.4 Å². The van der Waals surface area contributed by atoms with Crippen molar-refractivity contribution in [1.29, 1.82) is 0 Å². The minimum atomic E-state index is 0.207. The zero-order valence-electron chi connectivity index (χ0n) is 11.6. The van der Waals surface area contributed by atoms with Crippen LogP contribution in [-0.4, -0.2) is 35.6 Å². The van der Waals surface area contributed by atoms with Gasteiger partial charge in [0.15, 0.2) is 0 Å². The van der Waals surface area contributed by atoms with E-state index in [0.29, 0.717) is 6.42 Å². The van der Waals surface area contributed by atoms with Gasteiger partial charge in [-0.25, -0.2) is 0 Å². The van der Waals surface area contributed by atoms with Crippen molar-refractivity contribution >= 4 is 17.2 Å². The molecule has 0 radical (unpaired) electrons. The fourth-order valence-electron chi connectivity index (χ4n) is 2.66. The Hall–Kier alpha value is -0.870. The van der Waals surface area contributed by atoms with Crippen molar-refractivity contribution in [3.63, 3.8) is 0 Å². The first-order valence-corrected chi connectivity index (χ1v) is 8.00. The van der Waals surface area contributed by atoms with Crippen LogP contribution in [0.15, 0.2) is 11.4 Å². The number of aliphatic hydroxyl groups excluding tert-OH is 1. The Bertz CT molecular complexity index is 416. The number of thiophene rings is 1. The molecule has 0 bridgehead atoms. The summed E-state index contributed by atoms with van der Waals surface area (Å²) < 4.78 is 0. The number of aryl methyl sites for hydroxylation is 2. The molecular formula is C15H23NO2S. The van der Waals surface area contributed by atoms with Gasteiger partial charge in [0.1, 0.15) is 0 Å². The molecule has 1 atom stereocenters. The summed E-state index contributed by atoms with van der Waals surface area (Å²) in [4.78, 5) is 15.5. The lowest BCUT2D eigenvalue weighted by Crippen LogP contribution is -2.40. The number of hydrogen-bond donors (Lipinski definition) is 1. The van der Waals surface area contributed by atoms with Crippen LogP contribution in [0.25, 0.3) is 0 Å². The standard InChI is InChI=1S/C15H23NO2S/c1-12-7-9-19-14(12)5-2-6-15(18)16-8-3-4-13(10-16)11-17/h7,9,13,17H,2-6,8,10-11H2,1H3. The molecule has 1 aromatic heterocycles. The first-order chi connectivity index (χ1) is 9.20. The lowest BCUT2D eigenvalue weighted by Gasteiger charge is -2.32. The SMILES string of the molecule is Cc1ccsc1CCCC(=O)N1CCCC(CO)C1. The number of hydrogen-bond acceptors (Lipinski definition) is 3. The van der Waals surface area contributed by atoms with E-state index in [1.807, 2.05) is 4.90 Å². The molecule has 1 amide bonds. The van der Waals surface area contributed by atoms with Gasteiger partial charge in [0, 0.05) is 31.0 Å². The van der Waals surface area contributed by atoms with Crippen LogP contribution in [0.5, 0.6) is 0 Å². The molecule has 1 saturated heterocycles. The van der Waals surface area contributed by atoms with Crippen LogP contribution >= 0.6 is 11.3 Å². The number of piperidine rings is 1. The van der Waals surface area contributed by atoms with Crippen LogP contribution in [0, 0.1) is 12.8 Å². The highest BCUT2D eigenvalue weighted by Gasteiger charge is 2.22. The van der Waals surface area contributed by atoms with E-state index in [0.717, 1.165) is 38.8 Å². The number of likely N-dealkylation sites (tertiary alicyclic amines) is 1. The van der Waals surface area contributed by atoms with Crippen molar-refractivity contribution < 1.29 is 9.90 Å². The summed E-state index contributed by atoms with van der Waals surface area (Å²) >= 11 is 1.78. The van der Waals surface area contributed by atoms with Crippen molar-refractivity contribution in [2.45, 2.75) is 39.0 Å². The number of aliphatic hydroxyl groups is 1. The molecule has 0 aliphatic carbocycles. The Labute approximate surface area is 119 Å². The summed E-state index contributed by atoms with van der Waals surface area (Å²) in [6.07, 6.45) is 4.65. The van der Waals surface area contributed by atoms with Gasteiger partial charge in [-0.05, 0) is 55.5 Å². The Kier molecular flexibility index (Phi) is 5.40. The quantitative estimate of drug-likeness (QED) is 0.901. The third kappa shape index (κ3) is 4.05. The van der Waals surface area contributed by atoms with E-state index in [1.54, 1.807) is 11.3 Å². The van der Waals surface area contributed by atoms with Gasteiger partial charge in [-0.3, -0.25) is 4.79 Å². The maximum absolute atomic E-state index is 12.1. The van der Waals surface area contributed by atoms with E-state index >= 15 is 0 Å². The smallest absolute Gasteiger partial charge is 0.222 e. The van der Waals surface area contributed by atoms with Crippen LogP contribution in [0.3, 0.4) is 0 Å². The number of rotatable bonds is 5. The Balaban J connectivity index is 1.73. The van der Waals surface area contributed by atoms with Gasteiger partial charge < -0.3 is 10.0 Å². The molecule has 1 aliphatic heterocycles. The maximum atomic E-state index is 12.1. The third-order valence-corrected chi connectivity index (χ3v) is 4.98. The van der Waals surface area contributed by atoms with Crippen molar-refractivity contribution in [2.24, 2.45) is 5.92 Å². The predicted molar refractivity (Wildman–Crippen MR) is 78.4 cm³/mol. The summed E-state index contributed by atoms with van der Waals surface area (Å²) in [7, 11) is 0. The first kappa shape index (κ1) is 14.5. The Morgan fingerprint density at radius 3 is 3.11 bits per heavy atom. The highest BCUT2D eigenvalue weighted by atomic mass is 32.1. The lowest BCUT2D eigenvalue weighted by molar-refractivity contribution is -0.133. The van der Waals surface area contributed by atoms with Crippen LogP contribution < -0.4 is 0 Å². The van der Waals surface area contributed by atoms with E-state index < -0.39 is 0 Å². The molecule has 1 N–H and O–H groups in total. The minimum absolute atomic E-state index is 0.207. The largest absolute Gasteiger partial charge is 0.396 e. The Morgan fingerprint density at radius 1 is 1.58 bits per heavy atom. The lowest BCUT2D eigenvalue weighted by atomic mass is 9.98. The summed E-state index contributed by atoms with van der Waals surface area (Å²) in [5, 5.41) is 11.3. The van der Waals surface area contributed by atoms with E-state index in [4.69, 9.17) is 0 Å². The molecule has 0 saturated carbocycles. The molecule has 0 aromatic carbocycles. The van der Waals surface area contributed by atoms with Crippen LogP contribution in [0.4, 0.5) is 0 Å². The molecule has 1 aromatic rings. The van der Waals surface area contributed by atoms with Crippen molar-refractivity contribution in [3.05, 3.63) is 21.9 Å². The minimum Gasteiger partial charge on any atom is -0.396 e. The zero-order chi connectivity index (χ0) is 13.7. The monoisotopic (exact) mass is 281 g/mol. The molecular weight excluding hydrogens is 258 g/mol. The van der Waals surface area contributed by atoms with Crippen molar-refractivity contribution in [1.82, 2.24) is 4.90 Å². The highest BCUT2D eigenvalue weighted by Crippen LogP contribution is 2.20. The second kappa shape index (κ2) is 7.06. The second-order valence-electron chi connectivity index (χ2n) is 5.41. The maximum Gasteiger partial charge on any atom is 0.222 e. The highest BCUT2D eigenvalue weighted by molar-refractivity contribution is 7.10. The number of carbonyl (C=O) groups is 1. The van der Waals surface area contributed by atoms with Gasteiger partial charge >= 0.3 is 0 Å². The summed E-state index contributed by atoms with van der Waals surface area (Å²) in [6.45, 7) is 3.95. The van der Waals surface area contributed by atoms with Gasteiger partial charge in [0.2, 0.25) is 5.91 Å². The molecule has 1 aliphatic rings. The number of carbonyl (C=O) groups excluding carboxylic acids is 1. The average Bonchev–Trinajstić information content (AvgIpc) is 2.84. The molecule has 2 rings (SSSR count). The fourth-order valence-corrected chi connectivity index (χ4v) is 3.61. The Morgan fingerprint density at radius 2 is 2.42 bits per heavy atom. The molecule has 4 heteroatoms. The first-order valence-electron chi connectivity index (χ1n) is 7.12. The van der Waals surface area contributed by atoms with Gasteiger partial charge in [0.25, 0.3) is 0 Å². The van der Waals surface area contributed by atoms with E-state index in [1.165, 1.54) is 10.4 Å². The number of nitrogens with zero attached hydrogens (tertiary/aromatic N) is 1. The van der Waals surface area contributed by atoms with Gasteiger partial charge in [-0.1, -0.05) is 0 Å². The van der Waals surface area contributed by atoms with E-state index in [-0.39, 0.29) is 18.4 Å². The average molecular weight is 281 g/mol. The molecule has 1 unspecified atom stereocenters. The molecule has 2 heterocycles. The summed E-state index contributed by atoms with van der Waals surface area (Å²) in [5.41, 5.74) is 1.34. The summed E-state index contributed by atoms with van der Waals surface area (Å²) in [5.74, 6) is 0.546. The molecule has 3 nitrogen and oxygen atoms in total. The summed E-state index contributed by atoms with van der Waals surface area (Å²) in [6, 6.07) is 2.14. The third-order valence-electron chi connectivity index (χ3n) is 3.89. The second-order valence-corrected chi connectivity index (χ2v) is 6.41. The fraction of sp³-hybridized carbons (Fsp3) is 0.667. The van der Waals surface area contributed by atoms with Crippen LogP contribution in [-0.2, 0) is 11.2 Å². The van der Waals surface area contributed by atoms with Crippen LogP contribution in [0.2, 0.25) is 0 Å². The molecule has 1 fully saturated rings. The van der Waals surface area contributed by atoms with Gasteiger partial charge in [0.05, 0.1) is 0 Å². The topological polar surface area (TPSA) is 40.5 Å². The number of amides is 1. The van der Waals surface area contributed by atoms with Crippen molar-refractivity contribution in [3.8, 4) is 0 Å². The van der Waals surface area contributed by atoms with Crippen molar-refractivity contribution in [2.75, 3.05) is 19.7 Å². The molecule has 19 heavy (non-hydrogen) atoms. The van der Waals surface area contributed by atoms with Gasteiger partial charge in [-0.15, -0.1) is 11.3 Å². The van der Waals surface area contributed by atoms with Crippen LogP contribution in [0.1, 0.15) is 36.1 Å².